The van der Waals surface area contributed by atoms with Crippen molar-refractivity contribution >= 4 is 0 Å². The number of halogens is 2. The molecule has 3 aromatic rings. The van der Waals surface area contributed by atoms with E-state index in [4.69, 9.17) is 5.73 Å². The first-order valence-corrected chi connectivity index (χ1v) is 9.08. The van der Waals surface area contributed by atoms with E-state index in [0.717, 1.165) is 21.4 Å². The normalized spacial score (nSPS) is 10.9. The van der Waals surface area contributed by atoms with Crippen LogP contribution < -0.4 is 17.0 Å². The number of pyridine rings is 1. The fourth-order valence-corrected chi connectivity index (χ4v) is 2.97. The fraction of sp³-hybridized carbons (Fsp3) is 0.250. The zero-order valence-electron chi connectivity index (χ0n) is 15.9. The number of nitrogens with two attached hydrogens (primary N) is 1. The Morgan fingerprint density at radius 2 is 1.90 bits per heavy atom. The van der Waals surface area contributed by atoms with Crippen molar-refractivity contribution in [1.29, 1.82) is 0 Å². The molecule has 2 N–H and O–H groups in total. The van der Waals surface area contributed by atoms with Gasteiger partial charge < -0.3 is 10.3 Å². The van der Waals surface area contributed by atoms with E-state index in [1.54, 1.807) is 16.8 Å². The van der Waals surface area contributed by atoms with E-state index in [1.165, 1.54) is 17.0 Å². The zero-order chi connectivity index (χ0) is 21.0. The molecule has 0 radical (unpaired) electrons. The van der Waals surface area contributed by atoms with Crippen molar-refractivity contribution in [1.82, 2.24) is 18.9 Å². The Labute approximate surface area is 165 Å². The number of rotatable bonds is 7. The van der Waals surface area contributed by atoms with Gasteiger partial charge in [-0.3, -0.25) is 9.36 Å². The van der Waals surface area contributed by atoms with Gasteiger partial charge in [-0.1, -0.05) is 18.2 Å². The van der Waals surface area contributed by atoms with Crippen LogP contribution in [0, 0.1) is 0 Å². The molecule has 29 heavy (non-hydrogen) atoms. The first-order valence-electron chi connectivity index (χ1n) is 9.08. The summed E-state index contributed by atoms with van der Waals surface area (Å²) in [4.78, 5) is 24.2. The van der Waals surface area contributed by atoms with Crippen LogP contribution in [0.25, 0.3) is 11.1 Å². The Morgan fingerprint density at radius 1 is 1.10 bits per heavy atom. The van der Waals surface area contributed by atoms with Crippen LogP contribution in [0.15, 0.2) is 70.2 Å². The van der Waals surface area contributed by atoms with Gasteiger partial charge in [0.2, 0.25) is 0 Å². The third kappa shape index (κ3) is 4.57. The maximum Gasteiger partial charge on any atom is 0.346 e. The lowest BCUT2D eigenvalue weighted by molar-refractivity contribution is 0.400. The van der Waals surface area contributed by atoms with Crippen molar-refractivity contribution in [3.05, 3.63) is 87.0 Å². The summed E-state index contributed by atoms with van der Waals surface area (Å²) in [5.74, 6) is 0. The molecule has 0 atom stereocenters. The minimum Gasteiger partial charge on any atom is -0.327 e. The molecule has 0 spiro atoms. The summed E-state index contributed by atoms with van der Waals surface area (Å²) in [6, 6.07) is 10.8. The molecule has 0 aliphatic carbocycles. The minimum absolute atomic E-state index is 0.0676. The summed E-state index contributed by atoms with van der Waals surface area (Å²) in [6.07, 6.45) is 1.21. The largest absolute Gasteiger partial charge is 0.346 e. The number of benzene rings is 1. The van der Waals surface area contributed by atoms with Gasteiger partial charge in [0.1, 0.15) is 6.33 Å². The molecular formula is C20H21F2N5O2. The van der Waals surface area contributed by atoms with Crippen LogP contribution in [0.4, 0.5) is 8.78 Å². The standard InChI is InChI=1S/C20H21F2N5O2/c1-2-25-11-16(6-7-18(25)28)15-5-3-4-14(8-15)10-26-13-24-27(20(26)29)12-17(9-23)19(21)22/h3-8,11,13H,2,9-10,12,23H2,1H3. The van der Waals surface area contributed by atoms with Gasteiger partial charge in [0.05, 0.1) is 13.1 Å². The van der Waals surface area contributed by atoms with Crippen LogP contribution in [0.2, 0.25) is 0 Å². The number of aromatic nitrogens is 4. The maximum absolute atomic E-state index is 12.8. The molecule has 0 aliphatic rings. The van der Waals surface area contributed by atoms with Crippen molar-refractivity contribution in [3.63, 3.8) is 0 Å². The Kier molecular flexibility index (Phi) is 6.18. The third-order valence-electron chi connectivity index (χ3n) is 4.59. The number of nitrogens with zero attached hydrogens (tertiary/aromatic N) is 4. The van der Waals surface area contributed by atoms with Crippen LogP contribution >= 0.6 is 0 Å². The summed E-state index contributed by atoms with van der Waals surface area (Å²) in [5.41, 5.74) is 7.02. The van der Waals surface area contributed by atoms with Crippen molar-refractivity contribution in [2.24, 2.45) is 5.73 Å². The monoisotopic (exact) mass is 401 g/mol. The zero-order valence-corrected chi connectivity index (χ0v) is 15.9. The van der Waals surface area contributed by atoms with Crippen LogP contribution in [0.3, 0.4) is 0 Å². The van der Waals surface area contributed by atoms with E-state index in [-0.39, 0.29) is 30.8 Å². The van der Waals surface area contributed by atoms with Gasteiger partial charge >= 0.3 is 5.69 Å². The third-order valence-corrected chi connectivity index (χ3v) is 4.59. The molecule has 0 amide bonds. The Bertz CT molecular complexity index is 1160. The summed E-state index contributed by atoms with van der Waals surface area (Å²) in [7, 11) is 0. The highest BCUT2D eigenvalue weighted by Crippen LogP contribution is 2.19. The van der Waals surface area contributed by atoms with Crippen molar-refractivity contribution < 1.29 is 8.78 Å². The van der Waals surface area contributed by atoms with Crippen molar-refractivity contribution in [3.8, 4) is 11.1 Å². The van der Waals surface area contributed by atoms with Crippen molar-refractivity contribution in [2.75, 3.05) is 6.54 Å². The van der Waals surface area contributed by atoms with Gasteiger partial charge in [-0.05, 0) is 35.7 Å². The Hall–Kier alpha value is -3.33. The van der Waals surface area contributed by atoms with E-state index >= 15 is 0 Å². The van der Waals surface area contributed by atoms with E-state index in [9.17, 15) is 18.4 Å². The lowest BCUT2D eigenvalue weighted by atomic mass is 10.0. The molecule has 7 nitrogen and oxygen atoms in total. The predicted molar refractivity (Wildman–Crippen MR) is 106 cm³/mol. The minimum atomic E-state index is -1.89. The topological polar surface area (TPSA) is 87.8 Å². The molecular weight excluding hydrogens is 380 g/mol. The second-order valence-corrected chi connectivity index (χ2v) is 6.51. The number of hydrogen-bond acceptors (Lipinski definition) is 4. The first kappa shape index (κ1) is 20.4. The van der Waals surface area contributed by atoms with Crippen LogP contribution in [0.1, 0.15) is 12.5 Å². The highest BCUT2D eigenvalue weighted by molar-refractivity contribution is 5.63. The molecule has 3 rings (SSSR count). The fourth-order valence-electron chi connectivity index (χ4n) is 2.97. The van der Waals surface area contributed by atoms with E-state index < -0.39 is 11.8 Å². The number of aryl methyl sites for hydroxylation is 1. The molecule has 0 saturated carbocycles. The lowest BCUT2D eigenvalue weighted by Gasteiger charge is -2.08. The maximum atomic E-state index is 12.8. The molecule has 152 valence electrons. The molecule has 0 aliphatic heterocycles. The van der Waals surface area contributed by atoms with E-state index in [2.05, 4.69) is 5.10 Å². The lowest BCUT2D eigenvalue weighted by Crippen LogP contribution is -2.27. The van der Waals surface area contributed by atoms with Crippen LogP contribution in [-0.4, -0.2) is 25.5 Å². The molecule has 0 unspecified atom stereocenters. The Balaban J connectivity index is 1.86. The average Bonchev–Trinajstić information content (AvgIpc) is 3.05. The SMILES string of the molecule is CCn1cc(-c2cccc(Cn3cnn(CC(CN)=C(F)F)c3=O)c2)ccc1=O. The molecule has 0 bridgehead atoms. The summed E-state index contributed by atoms with van der Waals surface area (Å²) in [6.45, 7) is 2.01. The first-order chi connectivity index (χ1) is 13.9. The summed E-state index contributed by atoms with van der Waals surface area (Å²) in [5, 5.41) is 3.90. The second kappa shape index (κ2) is 8.78. The van der Waals surface area contributed by atoms with Gasteiger partial charge in [0.25, 0.3) is 11.6 Å². The molecule has 0 saturated heterocycles. The molecule has 0 fully saturated rings. The quantitative estimate of drug-likeness (QED) is 0.656. The van der Waals surface area contributed by atoms with Gasteiger partial charge in [-0.25, -0.2) is 9.48 Å². The van der Waals surface area contributed by atoms with Gasteiger partial charge in [-0.2, -0.15) is 13.9 Å². The highest BCUT2D eigenvalue weighted by atomic mass is 19.3. The van der Waals surface area contributed by atoms with E-state index in [0.29, 0.717) is 6.54 Å². The second-order valence-electron chi connectivity index (χ2n) is 6.51. The van der Waals surface area contributed by atoms with Crippen LogP contribution in [0.5, 0.6) is 0 Å². The van der Waals surface area contributed by atoms with Gasteiger partial charge in [-0.15, -0.1) is 0 Å². The predicted octanol–water partition coefficient (Wildman–Crippen LogP) is 2.05. The van der Waals surface area contributed by atoms with Crippen LogP contribution in [-0.2, 0) is 19.6 Å². The van der Waals surface area contributed by atoms with Crippen molar-refractivity contribution in [2.45, 2.75) is 26.6 Å². The molecule has 2 aromatic heterocycles. The molecule has 1 aromatic carbocycles. The average molecular weight is 401 g/mol. The molecule has 9 heteroatoms. The summed E-state index contributed by atoms with van der Waals surface area (Å²) >= 11 is 0. The van der Waals surface area contributed by atoms with E-state index in [1.807, 2.05) is 31.2 Å². The smallest absolute Gasteiger partial charge is 0.327 e. The summed E-state index contributed by atoms with van der Waals surface area (Å²) < 4.78 is 29.5. The Morgan fingerprint density at radius 3 is 2.59 bits per heavy atom. The highest BCUT2D eigenvalue weighted by Gasteiger charge is 2.11. The number of hydrogen-bond donors (Lipinski definition) is 1. The molecule has 2 heterocycles. The van der Waals surface area contributed by atoms with Gasteiger partial charge in [0, 0.05) is 30.9 Å². The van der Waals surface area contributed by atoms with Gasteiger partial charge in [0.15, 0.2) is 0 Å².